The van der Waals surface area contributed by atoms with Gasteiger partial charge in [-0.25, -0.2) is 4.98 Å². The average Bonchev–Trinajstić information content (AvgIpc) is 2.87. The van der Waals surface area contributed by atoms with Crippen molar-refractivity contribution in [1.82, 2.24) is 4.98 Å². The highest BCUT2D eigenvalue weighted by Crippen LogP contribution is 2.34. The summed E-state index contributed by atoms with van der Waals surface area (Å²) >= 11 is 7.19. The predicted molar refractivity (Wildman–Crippen MR) is 87.8 cm³/mol. The number of nitrogens with zero attached hydrogens (tertiary/aromatic N) is 2. The molecule has 0 N–H and O–H groups in total. The van der Waals surface area contributed by atoms with Crippen LogP contribution < -0.4 is 4.74 Å². The van der Waals surface area contributed by atoms with Gasteiger partial charge in [0.25, 0.3) is 10.9 Å². The zero-order chi connectivity index (χ0) is 16.6. The van der Waals surface area contributed by atoms with E-state index in [0.717, 1.165) is 4.70 Å². The van der Waals surface area contributed by atoms with E-state index in [2.05, 4.69) is 4.98 Å². The van der Waals surface area contributed by atoms with Gasteiger partial charge in [0.15, 0.2) is 5.78 Å². The van der Waals surface area contributed by atoms with Gasteiger partial charge in [0, 0.05) is 16.7 Å². The van der Waals surface area contributed by atoms with Crippen LogP contribution in [-0.4, -0.2) is 15.7 Å². The first-order chi connectivity index (χ1) is 10.9. The van der Waals surface area contributed by atoms with Gasteiger partial charge in [-0.2, -0.15) is 0 Å². The Kier molecular flexibility index (Phi) is 3.97. The van der Waals surface area contributed by atoms with Crippen molar-refractivity contribution in [2.75, 3.05) is 0 Å². The van der Waals surface area contributed by atoms with Crippen molar-refractivity contribution in [3.8, 4) is 10.9 Å². The summed E-state index contributed by atoms with van der Waals surface area (Å²) in [5, 5.41) is 11.8. The van der Waals surface area contributed by atoms with Gasteiger partial charge < -0.3 is 4.74 Å². The normalized spacial score (nSPS) is 10.7. The number of Topliss-reactive ketones (excluding diaryl/α,β-unsaturated/α-hetero) is 1. The number of hydrogen-bond donors (Lipinski definition) is 0. The second kappa shape index (κ2) is 5.94. The number of halogens is 1. The van der Waals surface area contributed by atoms with Gasteiger partial charge in [0.1, 0.15) is 5.75 Å². The lowest BCUT2D eigenvalue weighted by molar-refractivity contribution is -0.384. The predicted octanol–water partition coefficient (Wildman–Crippen LogP) is 4.85. The summed E-state index contributed by atoms with van der Waals surface area (Å²) in [6.07, 6.45) is 0. The van der Waals surface area contributed by atoms with Gasteiger partial charge in [0.2, 0.25) is 0 Å². The third-order valence-corrected chi connectivity index (χ3v) is 4.19. The zero-order valence-electron chi connectivity index (χ0n) is 11.8. The smallest absolute Gasteiger partial charge is 0.279 e. The van der Waals surface area contributed by atoms with Gasteiger partial charge in [0.05, 0.1) is 21.2 Å². The monoisotopic (exact) mass is 348 g/mol. The molecule has 0 bridgehead atoms. The number of ether oxygens (including phenoxy) is 1. The SMILES string of the molecule is CC(=O)c1cc(Oc2nc3cc(Cl)ccc3s2)cc([N+](=O)[O-])c1. The summed E-state index contributed by atoms with van der Waals surface area (Å²) in [5.41, 5.74) is 0.671. The number of carbonyl (C=O) groups is 1. The van der Waals surface area contributed by atoms with E-state index in [9.17, 15) is 14.9 Å². The number of nitro benzene ring substituents is 1. The molecule has 1 aromatic heterocycles. The maximum absolute atomic E-state index is 11.5. The number of benzene rings is 2. The van der Waals surface area contributed by atoms with Crippen molar-refractivity contribution >= 4 is 44.6 Å². The van der Waals surface area contributed by atoms with Crippen LogP contribution in [0.15, 0.2) is 36.4 Å². The summed E-state index contributed by atoms with van der Waals surface area (Å²) in [4.78, 5) is 26.2. The molecule has 0 amide bonds. The molecule has 23 heavy (non-hydrogen) atoms. The number of fused-ring (bicyclic) bond motifs is 1. The van der Waals surface area contributed by atoms with Crippen LogP contribution in [0.4, 0.5) is 5.69 Å². The molecule has 3 rings (SSSR count). The number of ketones is 1. The molecule has 0 saturated heterocycles. The summed E-state index contributed by atoms with van der Waals surface area (Å²) in [5.74, 6) is -0.0933. The minimum Gasteiger partial charge on any atom is -0.431 e. The van der Waals surface area contributed by atoms with Gasteiger partial charge in [-0.1, -0.05) is 22.9 Å². The minimum atomic E-state index is -0.572. The standard InChI is InChI=1S/C15H9ClN2O4S/c1-8(19)9-4-11(18(20)21)7-12(5-9)22-15-17-13-6-10(16)2-3-14(13)23-15/h2-7H,1H3. The molecule has 116 valence electrons. The number of hydrogen-bond acceptors (Lipinski definition) is 6. The van der Waals surface area contributed by atoms with E-state index in [1.807, 2.05) is 6.07 Å². The lowest BCUT2D eigenvalue weighted by Gasteiger charge is -2.03. The van der Waals surface area contributed by atoms with Crippen LogP contribution in [0.5, 0.6) is 10.9 Å². The molecule has 0 aliphatic carbocycles. The topological polar surface area (TPSA) is 82.3 Å². The quantitative estimate of drug-likeness (QED) is 0.382. The third-order valence-electron chi connectivity index (χ3n) is 3.04. The molecular formula is C15H9ClN2O4S. The number of non-ortho nitro benzene ring substituents is 1. The van der Waals surface area contributed by atoms with Gasteiger partial charge >= 0.3 is 0 Å². The molecule has 0 radical (unpaired) electrons. The van der Waals surface area contributed by atoms with Crippen molar-refractivity contribution in [3.63, 3.8) is 0 Å². The second-order valence-corrected chi connectivity index (χ2v) is 6.15. The molecule has 0 saturated carbocycles. The van der Waals surface area contributed by atoms with Gasteiger partial charge in [-0.3, -0.25) is 14.9 Å². The van der Waals surface area contributed by atoms with Gasteiger partial charge in [-0.15, -0.1) is 0 Å². The van der Waals surface area contributed by atoms with E-state index in [1.54, 1.807) is 12.1 Å². The number of thiazole rings is 1. The second-order valence-electron chi connectivity index (χ2n) is 4.72. The summed E-state index contributed by atoms with van der Waals surface area (Å²) in [6.45, 7) is 1.34. The molecule has 0 spiro atoms. The summed E-state index contributed by atoms with van der Waals surface area (Å²) in [7, 11) is 0. The van der Waals surface area contributed by atoms with Crippen LogP contribution in [0.25, 0.3) is 10.2 Å². The molecule has 6 nitrogen and oxygen atoms in total. The number of rotatable bonds is 4. The third kappa shape index (κ3) is 3.30. The van der Waals surface area contributed by atoms with Crippen molar-refractivity contribution in [1.29, 1.82) is 0 Å². The highest BCUT2D eigenvalue weighted by atomic mass is 35.5. The van der Waals surface area contributed by atoms with Crippen molar-refractivity contribution in [3.05, 3.63) is 57.1 Å². The Morgan fingerprint density at radius 3 is 2.78 bits per heavy atom. The number of aromatic nitrogens is 1. The Labute approximate surface area is 139 Å². The highest BCUT2D eigenvalue weighted by molar-refractivity contribution is 7.20. The van der Waals surface area contributed by atoms with Gasteiger partial charge in [-0.05, 0) is 31.2 Å². The summed E-state index contributed by atoms with van der Waals surface area (Å²) in [6, 6.07) is 9.19. The molecule has 1 heterocycles. The number of carbonyl (C=O) groups excluding carboxylic acids is 1. The lowest BCUT2D eigenvalue weighted by Crippen LogP contribution is -1.97. The lowest BCUT2D eigenvalue weighted by atomic mass is 10.1. The highest BCUT2D eigenvalue weighted by Gasteiger charge is 2.15. The van der Waals surface area contributed by atoms with Crippen LogP contribution in [0.1, 0.15) is 17.3 Å². The maximum Gasteiger partial charge on any atom is 0.279 e. The van der Waals surface area contributed by atoms with Crippen LogP contribution in [0, 0.1) is 10.1 Å². The molecule has 8 heteroatoms. The molecule has 3 aromatic rings. The molecular weight excluding hydrogens is 340 g/mol. The Morgan fingerprint density at radius 1 is 1.30 bits per heavy atom. The van der Waals surface area contributed by atoms with E-state index < -0.39 is 4.92 Å². The molecule has 0 atom stereocenters. The average molecular weight is 349 g/mol. The fourth-order valence-corrected chi connectivity index (χ4v) is 2.96. The largest absolute Gasteiger partial charge is 0.431 e. The minimum absolute atomic E-state index is 0.189. The Bertz CT molecular complexity index is 906. The first kappa shape index (κ1) is 15.4. The zero-order valence-corrected chi connectivity index (χ0v) is 13.4. The molecule has 0 fully saturated rings. The van der Waals surface area contributed by atoms with E-state index in [0.29, 0.717) is 15.7 Å². The van der Waals surface area contributed by atoms with Crippen LogP contribution >= 0.6 is 22.9 Å². The Morgan fingerprint density at radius 2 is 2.09 bits per heavy atom. The van der Waals surface area contributed by atoms with Crippen molar-refractivity contribution in [2.24, 2.45) is 0 Å². The fourth-order valence-electron chi connectivity index (χ4n) is 1.97. The van der Waals surface area contributed by atoms with Crippen LogP contribution in [-0.2, 0) is 0 Å². The van der Waals surface area contributed by atoms with Crippen molar-refractivity contribution in [2.45, 2.75) is 6.92 Å². The van der Waals surface area contributed by atoms with E-state index >= 15 is 0 Å². The molecule has 2 aromatic carbocycles. The van der Waals surface area contributed by atoms with Crippen LogP contribution in [0.3, 0.4) is 0 Å². The first-order valence-corrected chi connectivity index (χ1v) is 7.66. The van der Waals surface area contributed by atoms with E-state index in [-0.39, 0.29) is 22.8 Å². The Balaban J connectivity index is 2.00. The Hall–Kier alpha value is -2.51. The first-order valence-electron chi connectivity index (χ1n) is 6.47. The van der Waals surface area contributed by atoms with Crippen LogP contribution in [0.2, 0.25) is 5.02 Å². The molecule has 0 aliphatic rings. The van der Waals surface area contributed by atoms with E-state index in [1.165, 1.54) is 36.5 Å². The molecule has 0 aliphatic heterocycles. The molecule has 0 unspecified atom stereocenters. The maximum atomic E-state index is 11.5. The van der Waals surface area contributed by atoms with Crippen molar-refractivity contribution < 1.29 is 14.5 Å². The number of nitro groups is 1. The summed E-state index contributed by atoms with van der Waals surface area (Å²) < 4.78 is 6.47. The van der Waals surface area contributed by atoms with E-state index in [4.69, 9.17) is 16.3 Å². The fraction of sp³-hybridized carbons (Fsp3) is 0.0667.